The fraction of sp³-hybridized carbons (Fsp3) is 0.824. The Balaban J connectivity index is 1.51. The maximum Gasteiger partial charge on any atom is 0.321 e. The predicted molar refractivity (Wildman–Crippen MR) is 87.3 cm³/mol. The molecule has 0 spiro atoms. The summed E-state index contributed by atoms with van der Waals surface area (Å²) in [6.07, 6.45) is 6.95. The lowest BCUT2D eigenvalue weighted by molar-refractivity contribution is -0.142. The normalized spacial score (nSPS) is 34.9. The molecule has 1 atom stereocenters. The Hall–Kier alpha value is -1.63. The first-order valence-corrected chi connectivity index (χ1v) is 8.81. The third kappa shape index (κ3) is 3.55. The highest BCUT2D eigenvalue weighted by Crippen LogP contribution is 2.55. The minimum atomic E-state index is -0.997. The zero-order valence-corrected chi connectivity index (χ0v) is 14.4. The molecule has 4 aliphatic rings. The molecule has 4 fully saturated rings. The van der Waals surface area contributed by atoms with E-state index in [1.54, 1.807) is 7.05 Å². The first kappa shape index (κ1) is 17.2. The van der Waals surface area contributed by atoms with Gasteiger partial charge in [0, 0.05) is 5.54 Å². The van der Waals surface area contributed by atoms with E-state index in [4.69, 9.17) is 5.11 Å². The Kier molecular flexibility index (Phi) is 4.55. The first-order valence-electron chi connectivity index (χ1n) is 8.81. The number of nitrogens with one attached hydrogen (secondary N) is 2. The molecule has 0 aromatic carbocycles. The van der Waals surface area contributed by atoms with Crippen LogP contribution in [0.4, 0.5) is 4.79 Å². The topological polar surface area (TPSA) is 98.7 Å². The molecule has 0 heterocycles. The SMILES string of the molecule is CC(C(=O)O)N(C)CC(=O)NC(=O)NC12CC3CC(CC(C3)C1)C2. The molecule has 0 aromatic rings. The lowest BCUT2D eigenvalue weighted by Gasteiger charge is -2.56. The summed E-state index contributed by atoms with van der Waals surface area (Å²) in [6, 6.07) is -1.22. The van der Waals surface area contributed by atoms with Crippen molar-refractivity contribution in [3.8, 4) is 0 Å². The van der Waals surface area contributed by atoms with Crippen LogP contribution in [-0.2, 0) is 9.59 Å². The molecule has 134 valence electrons. The molecule has 4 bridgehead atoms. The maximum atomic E-state index is 12.2. The Labute approximate surface area is 142 Å². The molecule has 4 rings (SSSR count). The molecular weight excluding hydrogens is 310 g/mol. The summed E-state index contributed by atoms with van der Waals surface area (Å²) in [6.45, 7) is 1.38. The van der Waals surface area contributed by atoms with Crippen LogP contribution in [0.15, 0.2) is 0 Å². The number of carbonyl (C=O) groups excluding carboxylic acids is 2. The van der Waals surface area contributed by atoms with Crippen molar-refractivity contribution in [1.29, 1.82) is 0 Å². The quantitative estimate of drug-likeness (QED) is 0.700. The lowest BCUT2D eigenvalue weighted by atomic mass is 9.53. The monoisotopic (exact) mass is 337 g/mol. The maximum absolute atomic E-state index is 12.2. The molecule has 3 amide bonds. The number of amides is 3. The van der Waals surface area contributed by atoms with Crippen molar-refractivity contribution in [2.45, 2.75) is 57.0 Å². The van der Waals surface area contributed by atoms with Gasteiger partial charge in [-0.05, 0) is 70.3 Å². The number of carboxylic acid groups (broad SMARTS) is 1. The molecule has 7 heteroatoms. The molecule has 24 heavy (non-hydrogen) atoms. The largest absolute Gasteiger partial charge is 0.480 e. The number of hydrogen-bond donors (Lipinski definition) is 3. The van der Waals surface area contributed by atoms with Crippen LogP contribution in [0, 0.1) is 17.8 Å². The summed E-state index contributed by atoms with van der Waals surface area (Å²) < 4.78 is 0. The van der Waals surface area contributed by atoms with Crippen LogP contribution in [0.3, 0.4) is 0 Å². The smallest absolute Gasteiger partial charge is 0.321 e. The second-order valence-electron chi connectivity index (χ2n) is 8.13. The van der Waals surface area contributed by atoms with E-state index >= 15 is 0 Å². The van der Waals surface area contributed by atoms with Crippen molar-refractivity contribution < 1.29 is 19.5 Å². The number of carbonyl (C=O) groups is 3. The van der Waals surface area contributed by atoms with Gasteiger partial charge >= 0.3 is 12.0 Å². The minimum Gasteiger partial charge on any atom is -0.480 e. The van der Waals surface area contributed by atoms with E-state index < -0.39 is 23.9 Å². The highest BCUT2D eigenvalue weighted by molar-refractivity contribution is 5.95. The van der Waals surface area contributed by atoms with Gasteiger partial charge in [0.1, 0.15) is 6.04 Å². The lowest BCUT2D eigenvalue weighted by Crippen LogP contribution is -2.62. The summed E-state index contributed by atoms with van der Waals surface area (Å²) in [7, 11) is 1.55. The van der Waals surface area contributed by atoms with Gasteiger partial charge in [-0.25, -0.2) is 4.79 Å². The summed E-state index contributed by atoms with van der Waals surface area (Å²) in [5.74, 6) is 0.676. The number of urea groups is 1. The average molecular weight is 337 g/mol. The molecule has 1 unspecified atom stereocenters. The molecule has 4 saturated carbocycles. The van der Waals surface area contributed by atoms with Gasteiger partial charge in [0.2, 0.25) is 5.91 Å². The third-order valence-corrected chi connectivity index (χ3v) is 6.08. The number of aliphatic carboxylic acids is 1. The molecule has 4 aliphatic carbocycles. The Morgan fingerprint density at radius 1 is 1.12 bits per heavy atom. The van der Waals surface area contributed by atoms with Gasteiger partial charge in [-0.1, -0.05) is 0 Å². The molecule has 3 N–H and O–H groups in total. The molecule has 0 aromatic heterocycles. The van der Waals surface area contributed by atoms with Gasteiger partial charge in [-0.2, -0.15) is 0 Å². The fourth-order valence-electron chi connectivity index (χ4n) is 5.25. The van der Waals surface area contributed by atoms with E-state index in [1.165, 1.54) is 31.1 Å². The van der Waals surface area contributed by atoms with E-state index in [-0.39, 0.29) is 12.1 Å². The van der Waals surface area contributed by atoms with Gasteiger partial charge in [0.15, 0.2) is 0 Å². The Bertz CT molecular complexity index is 513. The average Bonchev–Trinajstić information content (AvgIpc) is 2.43. The molecule has 0 radical (unpaired) electrons. The van der Waals surface area contributed by atoms with Gasteiger partial charge in [0.05, 0.1) is 6.54 Å². The number of hydrogen-bond acceptors (Lipinski definition) is 4. The van der Waals surface area contributed by atoms with Gasteiger partial charge < -0.3 is 10.4 Å². The summed E-state index contributed by atoms with van der Waals surface area (Å²) in [4.78, 5) is 36.5. The molecular formula is C17H27N3O4. The highest BCUT2D eigenvalue weighted by atomic mass is 16.4. The Morgan fingerprint density at radius 2 is 1.62 bits per heavy atom. The van der Waals surface area contributed by atoms with E-state index in [0.717, 1.165) is 37.0 Å². The van der Waals surface area contributed by atoms with Crippen molar-refractivity contribution in [3.63, 3.8) is 0 Å². The zero-order valence-electron chi connectivity index (χ0n) is 14.4. The van der Waals surface area contributed by atoms with E-state index in [0.29, 0.717) is 0 Å². The van der Waals surface area contributed by atoms with Crippen LogP contribution in [0.5, 0.6) is 0 Å². The standard InChI is InChI=1S/C17H27N3O4/c1-10(15(22)23)20(2)9-14(21)18-16(24)19-17-6-11-3-12(7-17)5-13(4-11)8-17/h10-13H,3-9H2,1-2H3,(H,22,23)(H2,18,19,21,24). The molecule has 7 nitrogen and oxygen atoms in total. The predicted octanol–water partition coefficient (Wildman–Crippen LogP) is 1.19. The summed E-state index contributed by atoms with van der Waals surface area (Å²) >= 11 is 0. The fourth-order valence-corrected chi connectivity index (χ4v) is 5.25. The van der Waals surface area contributed by atoms with Gasteiger partial charge in [0.25, 0.3) is 0 Å². The number of nitrogens with zero attached hydrogens (tertiary/aromatic N) is 1. The first-order chi connectivity index (χ1) is 11.3. The number of carboxylic acids is 1. The molecule has 0 aliphatic heterocycles. The summed E-state index contributed by atoms with van der Waals surface area (Å²) in [5.41, 5.74) is -0.140. The van der Waals surface area contributed by atoms with Crippen LogP contribution in [0.2, 0.25) is 0 Å². The number of likely N-dealkylation sites (N-methyl/N-ethyl adjacent to an activating group) is 1. The highest BCUT2D eigenvalue weighted by Gasteiger charge is 2.51. The second kappa shape index (κ2) is 6.35. The second-order valence-corrected chi connectivity index (χ2v) is 8.13. The van der Waals surface area contributed by atoms with Crippen molar-refractivity contribution in [1.82, 2.24) is 15.5 Å². The third-order valence-electron chi connectivity index (χ3n) is 6.08. The Morgan fingerprint density at radius 3 is 2.08 bits per heavy atom. The van der Waals surface area contributed by atoms with Crippen LogP contribution >= 0.6 is 0 Å². The van der Waals surface area contributed by atoms with Crippen molar-refractivity contribution >= 4 is 17.9 Å². The van der Waals surface area contributed by atoms with E-state index in [2.05, 4.69) is 10.6 Å². The van der Waals surface area contributed by atoms with Crippen molar-refractivity contribution in [3.05, 3.63) is 0 Å². The summed E-state index contributed by atoms with van der Waals surface area (Å²) in [5, 5.41) is 14.4. The van der Waals surface area contributed by atoms with Crippen LogP contribution in [0.1, 0.15) is 45.4 Å². The van der Waals surface area contributed by atoms with Crippen LogP contribution in [0.25, 0.3) is 0 Å². The van der Waals surface area contributed by atoms with E-state index in [9.17, 15) is 14.4 Å². The van der Waals surface area contributed by atoms with Crippen molar-refractivity contribution in [2.24, 2.45) is 17.8 Å². The van der Waals surface area contributed by atoms with Crippen molar-refractivity contribution in [2.75, 3.05) is 13.6 Å². The minimum absolute atomic E-state index is 0.123. The van der Waals surface area contributed by atoms with E-state index in [1.807, 2.05) is 0 Å². The van der Waals surface area contributed by atoms with Gasteiger partial charge in [-0.15, -0.1) is 0 Å². The van der Waals surface area contributed by atoms with Gasteiger partial charge in [-0.3, -0.25) is 19.8 Å². The number of imide groups is 1. The zero-order chi connectivity index (χ0) is 17.5. The van der Waals surface area contributed by atoms with Crippen LogP contribution < -0.4 is 10.6 Å². The number of rotatable bonds is 5. The molecule has 0 saturated heterocycles. The van der Waals surface area contributed by atoms with Crippen LogP contribution in [-0.4, -0.2) is 53.1 Å².